The number of thiazole rings is 2. The Morgan fingerprint density at radius 1 is 0.569 bits per heavy atom. The van der Waals surface area contributed by atoms with Crippen LogP contribution in [-0.4, -0.2) is 52.6 Å². The van der Waals surface area contributed by atoms with Crippen molar-refractivity contribution >= 4 is 125 Å². The number of rotatable bonds is 11. The molecule has 0 spiro atoms. The number of carbonyl (C=O) groups is 4. The SMILES string of the molecule is O=C(O)c1ccc(/C=C2/SC(=S)N(c3nc(-c4ccc(CCc5ccc(-c6csc(N7C(=O)/C(=C\c8ccc(C(=O)O)cc8)SC7=S)n6)cc5)cc4)cs3)C2=O)cc1. The van der Waals surface area contributed by atoms with Crippen molar-refractivity contribution in [3.8, 4) is 22.5 Å². The summed E-state index contributed by atoms with van der Waals surface area (Å²) >= 11 is 16.1. The highest BCUT2D eigenvalue weighted by molar-refractivity contribution is 8.27. The second-order valence-corrected chi connectivity index (χ2v) is 17.8. The Labute approximate surface area is 358 Å². The van der Waals surface area contributed by atoms with Crippen molar-refractivity contribution in [3.63, 3.8) is 0 Å². The van der Waals surface area contributed by atoms with Crippen molar-refractivity contribution in [1.82, 2.24) is 9.97 Å². The molecule has 0 bridgehead atoms. The van der Waals surface area contributed by atoms with E-state index in [-0.39, 0.29) is 22.9 Å². The Balaban J connectivity index is 0.863. The lowest BCUT2D eigenvalue weighted by molar-refractivity contribution is -0.114. The number of carboxylic acid groups (broad SMARTS) is 2. The lowest BCUT2D eigenvalue weighted by Gasteiger charge is -2.09. The molecule has 0 aliphatic carbocycles. The van der Waals surface area contributed by atoms with Gasteiger partial charge in [0.2, 0.25) is 0 Å². The van der Waals surface area contributed by atoms with E-state index in [1.54, 1.807) is 36.4 Å². The van der Waals surface area contributed by atoms with Crippen LogP contribution in [0.4, 0.5) is 10.3 Å². The van der Waals surface area contributed by atoms with Gasteiger partial charge >= 0.3 is 11.9 Å². The quantitative estimate of drug-likeness (QED) is 0.0946. The number of aromatic carboxylic acids is 2. The van der Waals surface area contributed by atoms with Gasteiger partial charge in [-0.05, 0) is 71.5 Å². The van der Waals surface area contributed by atoms with E-state index < -0.39 is 11.9 Å². The first-order valence-corrected chi connectivity index (χ1v) is 21.5. The third-order valence-corrected chi connectivity index (χ3v) is 13.3. The molecular weight excluding hydrogens is 849 g/mol. The first kappa shape index (κ1) is 39.2. The Morgan fingerprint density at radius 2 is 0.931 bits per heavy atom. The molecule has 286 valence electrons. The number of aryl methyl sites for hydroxylation is 2. The topological polar surface area (TPSA) is 141 Å². The Morgan fingerprint density at radius 3 is 1.28 bits per heavy atom. The second-order valence-electron chi connectivity index (χ2n) is 12.8. The van der Waals surface area contributed by atoms with Crippen LogP contribution in [0.3, 0.4) is 0 Å². The molecule has 2 aliphatic rings. The zero-order chi connectivity index (χ0) is 40.5. The van der Waals surface area contributed by atoms with Gasteiger partial charge in [-0.15, -0.1) is 22.7 Å². The monoisotopic (exact) mass is 874 g/mol. The molecule has 2 amide bonds. The van der Waals surface area contributed by atoms with E-state index in [1.807, 2.05) is 35.0 Å². The predicted octanol–water partition coefficient (Wildman–Crippen LogP) is 9.93. The maximum Gasteiger partial charge on any atom is 0.335 e. The van der Waals surface area contributed by atoms with Gasteiger partial charge in [0.15, 0.2) is 18.9 Å². The van der Waals surface area contributed by atoms with Crippen molar-refractivity contribution in [2.24, 2.45) is 0 Å². The van der Waals surface area contributed by atoms with E-state index in [1.165, 1.54) is 91.4 Å². The lowest BCUT2D eigenvalue weighted by Crippen LogP contribution is -2.27. The van der Waals surface area contributed by atoms with Crippen LogP contribution in [0.1, 0.15) is 43.0 Å². The first-order chi connectivity index (χ1) is 28.0. The minimum absolute atomic E-state index is 0.170. The van der Waals surface area contributed by atoms with Gasteiger partial charge in [-0.3, -0.25) is 9.59 Å². The summed E-state index contributed by atoms with van der Waals surface area (Å²) in [5.41, 5.74) is 7.40. The van der Waals surface area contributed by atoms with Gasteiger partial charge < -0.3 is 10.2 Å². The third kappa shape index (κ3) is 8.34. The summed E-state index contributed by atoms with van der Waals surface area (Å²) in [6.07, 6.45) is 5.05. The normalized spacial score (nSPS) is 15.7. The predicted molar refractivity (Wildman–Crippen MR) is 241 cm³/mol. The van der Waals surface area contributed by atoms with Crippen LogP contribution in [-0.2, 0) is 22.4 Å². The number of nitrogens with zero attached hydrogens (tertiary/aromatic N) is 4. The molecule has 0 atom stereocenters. The number of hydrogen-bond acceptors (Lipinski definition) is 12. The fourth-order valence-electron chi connectivity index (χ4n) is 5.98. The molecular formula is C42H26N4O6S6. The highest BCUT2D eigenvalue weighted by Gasteiger charge is 2.36. The molecule has 0 unspecified atom stereocenters. The molecule has 0 saturated carbocycles. The van der Waals surface area contributed by atoms with Crippen molar-refractivity contribution in [3.05, 3.63) is 151 Å². The van der Waals surface area contributed by atoms with E-state index >= 15 is 0 Å². The standard InChI is InChI=1S/C42H26N4O6S6/c47-35-33(19-25-7-15-29(16-8-25)37(49)50)57-41(53)45(35)39-43-31(21-55-39)27-11-3-23(4-12-27)1-2-24-5-13-28(14-6-24)32-22-56-40(44-32)46-36(48)34(58-42(46)54)20-26-9-17-30(18-10-26)38(51)52/h3-22H,1-2H2,(H,49,50)(H,51,52)/b33-19+,34-20+. The van der Waals surface area contributed by atoms with Gasteiger partial charge in [-0.2, -0.15) is 0 Å². The number of hydrogen-bond donors (Lipinski definition) is 2. The van der Waals surface area contributed by atoms with Crippen LogP contribution in [0.2, 0.25) is 0 Å². The summed E-state index contributed by atoms with van der Waals surface area (Å²) in [6, 6.07) is 29.0. The van der Waals surface area contributed by atoms with Crippen LogP contribution < -0.4 is 9.80 Å². The fourth-order valence-corrected chi connectivity index (χ4v) is 10.4. The number of aromatic nitrogens is 2. The van der Waals surface area contributed by atoms with E-state index in [0.717, 1.165) is 35.4 Å². The molecule has 4 heterocycles. The highest BCUT2D eigenvalue weighted by atomic mass is 32.2. The molecule has 8 rings (SSSR count). The minimum atomic E-state index is -1.01. The number of carbonyl (C=O) groups excluding carboxylic acids is 2. The summed E-state index contributed by atoms with van der Waals surface area (Å²) < 4.78 is 0.768. The van der Waals surface area contributed by atoms with Gasteiger partial charge in [0, 0.05) is 21.9 Å². The molecule has 10 nitrogen and oxygen atoms in total. The van der Waals surface area contributed by atoms with Crippen LogP contribution in [0.5, 0.6) is 0 Å². The Hall–Kier alpha value is -5.62. The molecule has 0 radical (unpaired) electrons. The van der Waals surface area contributed by atoms with E-state index in [4.69, 9.17) is 44.6 Å². The summed E-state index contributed by atoms with van der Waals surface area (Å²) in [4.78, 5) is 62.2. The van der Waals surface area contributed by atoms with Gasteiger partial charge in [-0.25, -0.2) is 29.4 Å². The van der Waals surface area contributed by atoms with Crippen LogP contribution >= 0.6 is 70.6 Å². The van der Waals surface area contributed by atoms with Gasteiger partial charge in [-0.1, -0.05) is 121 Å². The van der Waals surface area contributed by atoms with Crippen LogP contribution in [0.25, 0.3) is 34.7 Å². The molecule has 16 heteroatoms. The van der Waals surface area contributed by atoms with Gasteiger partial charge in [0.25, 0.3) is 11.8 Å². The Kier molecular flexibility index (Phi) is 11.3. The summed E-state index contributed by atoms with van der Waals surface area (Å²) in [7, 11) is 0. The number of thiocarbonyl (C=S) groups is 2. The summed E-state index contributed by atoms with van der Waals surface area (Å²) in [6.45, 7) is 0. The Bertz CT molecular complexity index is 2520. The van der Waals surface area contributed by atoms with Crippen molar-refractivity contribution < 1.29 is 29.4 Å². The zero-order valence-corrected chi connectivity index (χ0v) is 34.6. The number of amides is 2. The molecule has 2 aliphatic heterocycles. The maximum atomic E-state index is 13.3. The van der Waals surface area contributed by atoms with Crippen LogP contribution in [0, 0.1) is 0 Å². The zero-order valence-electron chi connectivity index (χ0n) is 29.7. The average molecular weight is 875 g/mol. The highest BCUT2D eigenvalue weighted by Crippen LogP contribution is 2.40. The summed E-state index contributed by atoms with van der Waals surface area (Å²) in [5.74, 6) is -2.57. The van der Waals surface area contributed by atoms with E-state index in [0.29, 0.717) is 39.8 Å². The average Bonchev–Trinajstić information content (AvgIpc) is 4.01. The molecule has 2 N–H and O–H groups in total. The van der Waals surface area contributed by atoms with E-state index in [9.17, 15) is 19.2 Å². The number of carboxylic acids is 2. The second kappa shape index (κ2) is 16.7. The van der Waals surface area contributed by atoms with E-state index in [2.05, 4.69) is 24.3 Å². The molecule has 58 heavy (non-hydrogen) atoms. The first-order valence-electron chi connectivity index (χ1n) is 17.3. The molecule has 2 saturated heterocycles. The fraction of sp³-hybridized carbons (Fsp3) is 0.0476. The largest absolute Gasteiger partial charge is 0.478 e. The number of anilines is 2. The van der Waals surface area contributed by atoms with Gasteiger partial charge in [0.05, 0.1) is 32.3 Å². The molecule has 4 aromatic carbocycles. The van der Waals surface area contributed by atoms with Crippen molar-refractivity contribution in [2.45, 2.75) is 12.8 Å². The van der Waals surface area contributed by atoms with Crippen molar-refractivity contribution in [1.29, 1.82) is 0 Å². The smallest absolute Gasteiger partial charge is 0.335 e. The third-order valence-electron chi connectivity index (χ3n) is 9.07. The molecule has 2 aromatic heterocycles. The molecule has 6 aromatic rings. The minimum Gasteiger partial charge on any atom is -0.478 e. The molecule has 2 fully saturated rings. The van der Waals surface area contributed by atoms with Crippen LogP contribution in [0.15, 0.2) is 118 Å². The van der Waals surface area contributed by atoms with Crippen molar-refractivity contribution in [2.75, 3.05) is 9.80 Å². The maximum absolute atomic E-state index is 13.3. The van der Waals surface area contributed by atoms with Gasteiger partial charge in [0.1, 0.15) is 0 Å². The summed E-state index contributed by atoms with van der Waals surface area (Å²) in [5, 5.41) is 23.1. The number of benzene rings is 4. The number of thioether (sulfide) groups is 2. The lowest BCUT2D eigenvalue weighted by atomic mass is 10.0.